The zero-order chi connectivity index (χ0) is 24.6. The summed E-state index contributed by atoms with van der Waals surface area (Å²) < 4.78 is 17.1. The van der Waals surface area contributed by atoms with E-state index in [4.69, 9.17) is 19.3 Å². The third-order valence-electron chi connectivity index (χ3n) is 7.06. The number of hydrogen-bond donors (Lipinski definition) is 1. The molecule has 34 heavy (non-hydrogen) atoms. The van der Waals surface area contributed by atoms with E-state index >= 15 is 0 Å². The number of unbranched alkanes of at least 4 members (excludes halogenated alkanes) is 2. The van der Waals surface area contributed by atoms with Crippen molar-refractivity contribution in [1.29, 1.82) is 0 Å². The van der Waals surface area contributed by atoms with Gasteiger partial charge in [0.2, 0.25) is 0 Å². The molecule has 3 unspecified atom stereocenters. The van der Waals surface area contributed by atoms with Crippen molar-refractivity contribution in [2.75, 3.05) is 27.1 Å². The van der Waals surface area contributed by atoms with Crippen molar-refractivity contribution in [1.82, 2.24) is 0 Å². The average Bonchev–Trinajstić information content (AvgIpc) is 2.87. The molecule has 2 aromatic rings. The summed E-state index contributed by atoms with van der Waals surface area (Å²) >= 11 is 1.86. The maximum Gasteiger partial charge on any atom is 0.303 e. The zero-order valence-corrected chi connectivity index (χ0v) is 21.7. The van der Waals surface area contributed by atoms with Gasteiger partial charge >= 0.3 is 5.97 Å². The summed E-state index contributed by atoms with van der Waals surface area (Å²) in [4.78, 5) is 11.1. The van der Waals surface area contributed by atoms with Crippen LogP contribution in [0, 0.1) is 5.92 Å². The van der Waals surface area contributed by atoms with Gasteiger partial charge in [0, 0.05) is 18.4 Å². The molecule has 0 aromatic heterocycles. The summed E-state index contributed by atoms with van der Waals surface area (Å²) in [6, 6.07) is 14.6. The third kappa shape index (κ3) is 5.83. The van der Waals surface area contributed by atoms with Crippen LogP contribution in [0.5, 0.6) is 17.2 Å². The molecule has 0 aliphatic carbocycles. The van der Waals surface area contributed by atoms with Crippen molar-refractivity contribution >= 4 is 17.7 Å². The molecule has 3 atom stereocenters. The van der Waals surface area contributed by atoms with Crippen molar-refractivity contribution in [2.45, 2.75) is 62.5 Å². The minimum Gasteiger partial charge on any atom is -0.497 e. The van der Waals surface area contributed by atoms with Gasteiger partial charge in [-0.25, -0.2) is 0 Å². The van der Waals surface area contributed by atoms with Gasteiger partial charge in [0.1, 0.15) is 23.9 Å². The van der Waals surface area contributed by atoms with E-state index in [0.29, 0.717) is 18.9 Å². The van der Waals surface area contributed by atoms with Crippen molar-refractivity contribution in [3.05, 3.63) is 53.6 Å². The SMILES string of the molecule is CCCCC(CCCCC(=O)O)C1c2ccc(OC)cc2OCC1(SC)c1ccc(OC)cc1. The van der Waals surface area contributed by atoms with E-state index in [1.807, 2.05) is 36.0 Å². The molecule has 0 saturated carbocycles. The van der Waals surface area contributed by atoms with Crippen LogP contribution in [-0.2, 0) is 9.54 Å². The first kappa shape index (κ1) is 26.3. The third-order valence-corrected chi connectivity index (χ3v) is 8.39. The van der Waals surface area contributed by atoms with Crippen LogP contribution in [0.25, 0.3) is 0 Å². The molecule has 186 valence electrons. The Morgan fingerprint density at radius 3 is 2.38 bits per heavy atom. The summed E-state index contributed by atoms with van der Waals surface area (Å²) in [5, 5.41) is 9.12. The standard InChI is InChI=1S/C28H38O5S/c1-5-6-9-20(10-7-8-11-26(29)30)27-24-17-16-23(32-3)18-25(24)33-19-28(27,34-4)21-12-14-22(31-2)15-13-21/h12-18,20,27H,5-11,19H2,1-4H3,(H,29,30). The Hall–Kier alpha value is -2.34. The molecule has 0 spiro atoms. The molecule has 1 aliphatic heterocycles. The van der Waals surface area contributed by atoms with Crippen molar-refractivity contribution in [3.8, 4) is 17.2 Å². The molecule has 6 heteroatoms. The number of rotatable bonds is 13. The number of fused-ring (bicyclic) bond motifs is 1. The lowest BCUT2D eigenvalue weighted by atomic mass is 9.69. The van der Waals surface area contributed by atoms with Crippen LogP contribution in [0.4, 0.5) is 0 Å². The lowest BCUT2D eigenvalue weighted by molar-refractivity contribution is -0.137. The Bertz CT molecular complexity index is 929. The molecule has 3 rings (SSSR count). The lowest BCUT2D eigenvalue weighted by Crippen LogP contribution is -2.43. The predicted octanol–water partition coefficient (Wildman–Crippen LogP) is 6.89. The molecular formula is C28H38O5S. The summed E-state index contributed by atoms with van der Waals surface area (Å²) in [5.74, 6) is 2.47. The summed E-state index contributed by atoms with van der Waals surface area (Å²) in [6.07, 6.45) is 8.44. The fourth-order valence-electron chi connectivity index (χ4n) is 5.25. The van der Waals surface area contributed by atoms with Gasteiger partial charge in [0.25, 0.3) is 0 Å². The van der Waals surface area contributed by atoms with Gasteiger partial charge in [-0.2, -0.15) is 0 Å². The zero-order valence-electron chi connectivity index (χ0n) is 20.8. The van der Waals surface area contributed by atoms with Crippen LogP contribution < -0.4 is 14.2 Å². The van der Waals surface area contributed by atoms with Gasteiger partial charge in [0.05, 0.1) is 19.0 Å². The minimum atomic E-state index is -0.717. The predicted molar refractivity (Wildman–Crippen MR) is 139 cm³/mol. The molecule has 1 heterocycles. The summed E-state index contributed by atoms with van der Waals surface area (Å²) in [6.45, 7) is 2.80. The quantitative estimate of drug-likeness (QED) is 0.311. The van der Waals surface area contributed by atoms with Crippen LogP contribution >= 0.6 is 11.8 Å². The Labute approximate surface area is 208 Å². The molecule has 1 N–H and O–H groups in total. The fourth-order valence-corrected chi connectivity index (χ4v) is 6.37. The molecule has 0 saturated heterocycles. The number of ether oxygens (including phenoxy) is 3. The summed E-state index contributed by atoms with van der Waals surface area (Å²) in [7, 11) is 3.37. The number of aliphatic carboxylic acids is 1. The van der Waals surface area contributed by atoms with Crippen LogP contribution in [0.15, 0.2) is 42.5 Å². The second kappa shape index (κ2) is 12.4. The highest BCUT2D eigenvalue weighted by Crippen LogP contribution is 2.57. The van der Waals surface area contributed by atoms with Gasteiger partial charge in [-0.1, -0.05) is 44.4 Å². The topological polar surface area (TPSA) is 65.0 Å². The highest BCUT2D eigenvalue weighted by molar-refractivity contribution is 7.99. The van der Waals surface area contributed by atoms with Gasteiger partial charge in [0.15, 0.2) is 0 Å². The highest BCUT2D eigenvalue weighted by Gasteiger charge is 2.49. The van der Waals surface area contributed by atoms with Crippen LogP contribution in [-0.4, -0.2) is 38.2 Å². The monoisotopic (exact) mass is 486 g/mol. The maximum atomic E-state index is 11.1. The largest absolute Gasteiger partial charge is 0.497 e. The van der Waals surface area contributed by atoms with Crippen molar-refractivity contribution < 1.29 is 24.1 Å². The van der Waals surface area contributed by atoms with E-state index in [2.05, 4.69) is 31.4 Å². The molecule has 2 aromatic carbocycles. The van der Waals surface area contributed by atoms with Gasteiger partial charge in [-0.05, 0) is 60.8 Å². The Kier molecular flexibility index (Phi) is 9.57. The first-order valence-electron chi connectivity index (χ1n) is 12.2. The Balaban J connectivity index is 2.07. The van der Waals surface area contributed by atoms with Gasteiger partial charge in [-0.15, -0.1) is 11.8 Å². The van der Waals surface area contributed by atoms with Gasteiger partial charge in [-0.3, -0.25) is 4.79 Å². The number of thioether (sulfide) groups is 1. The molecule has 1 aliphatic rings. The molecule has 0 fully saturated rings. The van der Waals surface area contributed by atoms with Crippen LogP contribution in [0.3, 0.4) is 0 Å². The molecule has 0 amide bonds. The summed E-state index contributed by atoms with van der Waals surface area (Å²) in [5.41, 5.74) is 2.45. The highest BCUT2D eigenvalue weighted by atomic mass is 32.2. The van der Waals surface area contributed by atoms with E-state index in [0.717, 1.165) is 49.4 Å². The number of carboxylic acid groups (broad SMARTS) is 1. The van der Waals surface area contributed by atoms with E-state index < -0.39 is 5.97 Å². The number of benzene rings is 2. The molecule has 0 bridgehead atoms. The number of carbonyl (C=O) groups is 1. The molecule has 5 nitrogen and oxygen atoms in total. The first-order valence-corrected chi connectivity index (χ1v) is 13.4. The van der Waals surface area contributed by atoms with Crippen LogP contribution in [0.1, 0.15) is 68.9 Å². The second-order valence-electron chi connectivity index (χ2n) is 9.03. The van der Waals surface area contributed by atoms with Crippen molar-refractivity contribution in [3.63, 3.8) is 0 Å². The van der Waals surface area contributed by atoms with Crippen LogP contribution in [0.2, 0.25) is 0 Å². The van der Waals surface area contributed by atoms with E-state index in [9.17, 15) is 4.79 Å². The minimum absolute atomic E-state index is 0.230. The lowest BCUT2D eigenvalue weighted by Gasteiger charge is -2.48. The Morgan fingerprint density at radius 1 is 1.09 bits per heavy atom. The van der Waals surface area contributed by atoms with Crippen molar-refractivity contribution in [2.24, 2.45) is 5.92 Å². The second-order valence-corrected chi connectivity index (χ2v) is 10.2. The number of hydrogen-bond acceptors (Lipinski definition) is 5. The van der Waals surface area contributed by atoms with E-state index in [1.165, 1.54) is 11.1 Å². The normalized spacial score (nSPS) is 20.2. The Morgan fingerprint density at radius 2 is 1.76 bits per heavy atom. The number of carboxylic acids is 1. The smallest absolute Gasteiger partial charge is 0.303 e. The van der Waals surface area contributed by atoms with E-state index in [1.54, 1.807) is 14.2 Å². The fraction of sp³-hybridized carbons (Fsp3) is 0.536. The molecule has 0 radical (unpaired) electrons. The average molecular weight is 487 g/mol. The van der Waals surface area contributed by atoms with Gasteiger partial charge < -0.3 is 19.3 Å². The van der Waals surface area contributed by atoms with E-state index in [-0.39, 0.29) is 17.1 Å². The number of methoxy groups -OCH3 is 2. The maximum absolute atomic E-state index is 11.1. The molecular weight excluding hydrogens is 448 g/mol. The first-order chi connectivity index (χ1) is 16.5.